The number of thioether (sulfide) groups is 1. The smallest absolute Gasteiger partial charge is 0.114 e. The Kier molecular flexibility index (Phi) is 8.32. The van der Waals surface area contributed by atoms with Gasteiger partial charge in [-0.05, 0) is 36.3 Å². The second-order valence-corrected chi connectivity index (χ2v) is 4.71. The molecule has 0 fully saturated rings. The van der Waals surface area contributed by atoms with Gasteiger partial charge in [-0.25, -0.2) is 0 Å². The number of hydrogen-bond acceptors (Lipinski definition) is 5. The zero-order chi connectivity index (χ0) is 11.0. The van der Waals surface area contributed by atoms with Crippen LogP contribution in [0.4, 0.5) is 0 Å². The van der Waals surface area contributed by atoms with Gasteiger partial charge in [-0.15, -0.1) is 5.10 Å². The molecule has 0 aromatic heterocycles. The summed E-state index contributed by atoms with van der Waals surface area (Å²) in [6.07, 6.45) is 3.15. The second kappa shape index (κ2) is 8.32. The normalized spacial score (nSPS) is 16.4. The first-order chi connectivity index (χ1) is 6.71. The molecule has 0 aliphatic carbocycles. The predicted molar refractivity (Wildman–Crippen MR) is 70.1 cm³/mol. The van der Waals surface area contributed by atoms with Gasteiger partial charge in [-0.2, -0.15) is 16.9 Å². The average Bonchev–Trinajstić information content (AvgIpc) is 2.18. The highest BCUT2D eigenvalue weighted by Gasteiger charge is 2.20. The Bertz CT molecular complexity index is 194. The largest absolute Gasteiger partial charge is 0.272 e. The van der Waals surface area contributed by atoms with Gasteiger partial charge in [0.2, 0.25) is 0 Å². The molecule has 0 bridgehead atoms. The lowest BCUT2D eigenvalue weighted by Gasteiger charge is -2.21. The third kappa shape index (κ3) is 4.48. The van der Waals surface area contributed by atoms with Crippen LogP contribution in [0.3, 0.4) is 0 Å². The van der Waals surface area contributed by atoms with Crippen molar-refractivity contribution in [2.45, 2.75) is 20.3 Å². The molecule has 2 atom stereocenters. The van der Waals surface area contributed by atoms with E-state index in [-0.39, 0.29) is 0 Å². The van der Waals surface area contributed by atoms with E-state index in [1.165, 1.54) is 11.9 Å². The quantitative estimate of drug-likeness (QED) is 0.332. The molecule has 0 saturated carbocycles. The van der Waals surface area contributed by atoms with E-state index in [2.05, 4.69) is 37.0 Å². The summed E-state index contributed by atoms with van der Waals surface area (Å²) in [5.41, 5.74) is 0. The van der Waals surface area contributed by atoms with Crippen LogP contribution < -0.4 is 5.14 Å². The monoisotopic (exact) mass is 233 g/mol. The lowest BCUT2D eigenvalue weighted by atomic mass is 9.94. The predicted octanol–water partition coefficient (Wildman–Crippen LogP) is 2.63. The van der Waals surface area contributed by atoms with Crippen molar-refractivity contribution in [1.82, 2.24) is 0 Å². The Morgan fingerprint density at radius 1 is 1.57 bits per heavy atom. The molecular weight excluding hydrogens is 214 g/mol. The highest BCUT2D eigenvalue weighted by molar-refractivity contribution is 8.12. The molecule has 2 unspecified atom stereocenters. The van der Waals surface area contributed by atoms with Crippen molar-refractivity contribution < 1.29 is 0 Å². The molecule has 0 heterocycles. The van der Waals surface area contributed by atoms with Gasteiger partial charge in [0, 0.05) is 12.6 Å². The Hall–Kier alpha value is -0.0000000000000000555. The summed E-state index contributed by atoms with van der Waals surface area (Å²) in [6, 6.07) is 0. The molecule has 0 aromatic carbocycles. The van der Waals surface area contributed by atoms with E-state index < -0.39 is 0 Å². The zero-order valence-electron chi connectivity index (χ0n) is 9.06. The fourth-order valence-electron chi connectivity index (χ4n) is 1.45. The lowest BCUT2D eigenvalue weighted by Crippen LogP contribution is -2.22. The van der Waals surface area contributed by atoms with Gasteiger partial charge in [0.1, 0.15) is 5.04 Å². The Morgan fingerprint density at radius 2 is 2.21 bits per heavy atom. The summed E-state index contributed by atoms with van der Waals surface area (Å²) in [5, 5.41) is 14.0. The van der Waals surface area contributed by atoms with E-state index in [9.17, 15) is 0 Å². The van der Waals surface area contributed by atoms with Crippen LogP contribution in [0.15, 0.2) is 10.2 Å². The van der Waals surface area contributed by atoms with Crippen molar-refractivity contribution in [3.05, 3.63) is 0 Å². The molecule has 0 saturated heterocycles. The average molecular weight is 233 g/mol. The van der Waals surface area contributed by atoms with E-state index in [1.807, 2.05) is 11.8 Å². The van der Waals surface area contributed by atoms with Gasteiger partial charge in [0.05, 0.1) is 0 Å². The maximum absolute atomic E-state index is 5.56. The first kappa shape index (κ1) is 14.0. The zero-order valence-corrected chi connectivity index (χ0v) is 10.7. The summed E-state index contributed by atoms with van der Waals surface area (Å²) in [6.45, 7) is 7.73. The fourth-order valence-corrected chi connectivity index (χ4v) is 2.89. The molecule has 0 amide bonds. The molecular formula is C9H19N3S2. The first-order valence-corrected chi connectivity index (χ1v) is 6.87. The number of rotatable bonds is 6. The van der Waals surface area contributed by atoms with Crippen LogP contribution in [-0.2, 0) is 0 Å². The Balaban J connectivity index is 4.49. The van der Waals surface area contributed by atoms with E-state index in [0.29, 0.717) is 11.8 Å². The minimum Gasteiger partial charge on any atom is -0.272 e. The molecule has 5 heteroatoms. The van der Waals surface area contributed by atoms with Crippen LogP contribution >= 0.6 is 23.7 Å². The van der Waals surface area contributed by atoms with Crippen molar-refractivity contribution in [3.8, 4) is 0 Å². The van der Waals surface area contributed by atoms with Gasteiger partial charge in [-0.1, -0.05) is 13.8 Å². The van der Waals surface area contributed by atoms with Crippen LogP contribution in [-0.4, -0.2) is 23.8 Å². The van der Waals surface area contributed by atoms with Gasteiger partial charge in [-0.3, -0.25) is 5.14 Å². The van der Waals surface area contributed by atoms with Gasteiger partial charge in [0.15, 0.2) is 0 Å². The van der Waals surface area contributed by atoms with Crippen LogP contribution in [0, 0.1) is 11.8 Å². The van der Waals surface area contributed by atoms with Crippen LogP contribution in [0.5, 0.6) is 0 Å². The van der Waals surface area contributed by atoms with Gasteiger partial charge < -0.3 is 0 Å². The van der Waals surface area contributed by atoms with Gasteiger partial charge in [0.25, 0.3) is 0 Å². The van der Waals surface area contributed by atoms with Crippen molar-refractivity contribution in [1.29, 1.82) is 0 Å². The van der Waals surface area contributed by atoms with Gasteiger partial charge >= 0.3 is 0 Å². The standard InChI is InChI=1S/C9H19N3S2/c1-5-8(7(2)6-13-4)9(14-10)12-11-3/h7-8H,3,5-6,10H2,1-2,4H3/b12-9-. The van der Waals surface area contributed by atoms with E-state index in [1.54, 1.807) is 0 Å². The topological polar surface area (TPSA) is 50.7 Å². The fraction of sp³-hybridized carbons (Fsp3) is 0.778. The summed E-state index contributed by atoms with van der Waals surface area (Å²) in [4.78, 5) is 0. The first-order valence-electron chi connectivity index (χ1n) is 4.60. The molecule has 0 aromatic rings. The van der Waals surface area contributed by atoms with Crippen molar-refractivity contribution >= 4 is 35.5 Å². The second-order valence-electron chi connectivity index (χ2n) is 3.14. The molecule has 2 N–H and O–H groups in total. The van der Waals surface area contributed by atoms with E-state index in [4.69, 9.17) is 5.14 Å². The molecule has 0 rings (SSSR count). The van der Waals surface area contributed by atoms with Crippen LogP contribution in [0.25, 0.3) is 0 Å². The highest BCUT2D eigenvalue weighted by atomic mass is 32.2. The third-order valence-electron chi connectivity index (χ3n) is 2.16. The molecule has 0 radical (unpaired) electrons. The molecule has 82 valence electrons. The summed E-state index contributed by atoms with van der Waals surface area (Å²) in [5.74, 6) is 2.10. The maximum atomic E-state index is 5.56. The van der Waals surface area contributed by atoms with E-state index in [0.717, 1.165) is 17.2 Å². The summed E-state index contributed by atoms with van der Waals surface area (Å²) < 4.78 is 0. The molecule has 14 heavy (non-hydrogen) atoms. The molecule has 0 spiro atoms. The Morgan fingerprint density at radius 3 is 2.57 bits per heavy atom. The third-order valence-corrected chi connectivity index (χ3v) is 3.65. The maximum Gasteiger partial charge on any atom is 0.114 e. The van der Waals surface area contributed by atoms with Crippen molar-refractivity contribution in [2.24, 2.45) is 27.2 Å². The van der Waals surface area contributed by atoms with Crippen LogP contribution in [0.2, 0.25) is 0 Å². The minimum absolute atomic E-state index is 0.406. The minimum atomic E-state index is 0.406. The van der Waals surface area contributed by atoms with Crippen LogP contribution in [0.1, 0.15) is 20.3 Å². The summed E-state index contributed by atoms with van der Waals surface area (Å²) >= 11 is 3.04. The number of nitrogens with zero attached hydrogens (tertiary/aromatic N) is 2. The molecule has 0 aliphatic rings. The van der Waals surface area contributed by atoms with Crippen molar-refractivity contribution in [3.63, 3.8) is 0 Å². The molecule has 3 nitrogen and oxygen atoms in total. The SMILES string of the molecule is C=N/N=C(\SN)C(CC)C(C)CSC. The lowest BCUT2D eigenvalue weighted by molar-refractivity contribution is 0.493. The number of hydrogen-bond donors (Lipinski definition) is 1. The molecule has 0 aliphatic heterocycles. The summed E-state index contributed by atoms with van der Waals surface area (Å²) in [7, 11) is 0. The van der Waals surface area contributed by atoms with Crippen molar-refractivity contribution in [2.75, 3.05) is 12.0 Å². The Labute approximate surface area is 95.1 Å². The highest BCUT2D eigenvalue weighted by Crippen LogP contribution is 2.24. The van der Waals surface area contributed by atoms with E-state index >= 15 is 0 Å². The number of nitrogens with two attached hydrogens (primary N) is 1.